The van der Waals surface area contributed by atoms with Crippen molar-refractivity contribution in [3.63, 3.8) is 0 Å². The standard InChI is InChI=1S/C18H15N3O/c1-2-5-14(6-3-1)15-11-17-18(20-12-15)22-10-9-21(17)16-7-4-8-19-13-16/h1-8,11-13H,9-10H2. The van der Waals surface area contributed by atoms with Gasteiger partial charge in [0.15, 0.2) is 0 Å². The number of benzene rings is 1. The summed E-state index contributed by atoms with van der Waals surface area (Å²) in [5.41, 5.74) is 4.27. The van der Waals surface area contributed by atoms with Gasteiger partial charge in [-0.15, -0.1) is 0 Å². The van der Waals surface area contributed by atoms with Crippen molar-refractivity contribution in [2.75, 3.05) is 18.1 Å². The minimum Gasteiger partial charge on any atom is -0.474 e. The molecule has 0 spiro atoms. The summed E-state index contributed by atoms with van der Waals surface area (Å²) >= 11 is 0. The van der Waals surface area contributed by atoms with E-state index in [1.165, 1.54) is 0 Å². The zero-order chi connectivity index (χ0) is 14.8. The SMILES string of the molecule is c1ccc(-c2cnc3c(c2)N(c2cccnc2)CCO3)cc1. The fourth-order valence-corrected chi connectivity index (χ4v) is 2.67. The quantitative estimate of drug-likeness (QED) is 0.721. The third-order valence-corrected chi connectivity index (χ3v) is 3.74. The van der Waals surface area contributed by atoms with Gasteiger partial charge in [-0.1, -0.05) is 30.3 Å². The second-order valence-corrected chi connectivity index (χ2v) is 5.13. The smallest absolute Gasteiger partial charge is 0.238 e. The summed E-state index contributed by atoms with van der Waals surface area (Å²) in [4.78, 5) is 10.9. The Hall–Kier alpha value is -2.88. The molecule has 0 N–H and O–H groups in total. The van der Waals surface area contributed by atoms with E-state index >= 15 is 0 Å². The summed E-state index contributed by atoms with van der Waals surface area (Å²) < 4.78 is 5.69. The summed E-state index contributed by atoms with van der Waals surface area (Å²) in [6.45, 7) is 1.41. The molecule has 2 aromatic heterocycles. The first-order chi connectivity index (χ1) is 10.9. The first-order valence-corrected chi connectivity index (χ1v) is 7.28. The van der Waals surface area contributed by atoms with Crippen LogP contribution in [0.4, 0.5) is 11.4 Å². The van der Waals surface area contributed by atoms with Crippen LogP contribution in [-0.4, -0.2) is 23.1 Å². The molecule has 22 heavy (non-hydrogen) atoms. The van der Waals surface area contributed by atoms with Crippen molar-refractivity contribution in [2.24, 2.45) is 0 Å². The first kappa shape index (κ1) is 12.8. The van der Waals surface area contributed by atoms with Gasteiger partial charge in [0.05, 0.1) is 18.4 Å². The molecule has 3 heterocycles. The summed E-state index contributed by atoms with van der Waals surface area (Å²) in [6, 6.07) is 16.4. The number of pyridine rings is 2. The molecule has 0 amide bonds. The maximum atomic E-state index is 5.69. The maximum absolute atomic E-state index is 5.69. The van der Waals surface area contributed by atoms with E-state index in [2.05, 4.69) is 39.1 Å². The summed E-state index contributed by atoms with van der Waals surface area (Å²) in [6.07, 6.45) is 5.51. The Balaban J connectivity index is 1.80. The molecule has 1 aliphatic heterocycles. The number of fused-ring (bicyclic) bond motifs is 1. The van der Waals surface area contributed by atoms with Crippen LogP contribution in [-0.2, 0) is 0 Å². The highest BCUT2D eigenvalue weighted by atomic mass is 16.5. The average molecular weight is 289 g/mol. The lowest BCUT2D eigenvalue weighted by atomic mass is 10.1. The normalized spacial score (nSPS) is 13.4. The van der Waals surface area contributed by atoms with Gasteiger partial charge >= 0.3 is 0 Å². The van der Waals surface area contributed by atoms with Crippen molar-refractivity contribution in [2.45, 2.75) is 0 Å². The molecule has 0 saturated heterocycles. The zero-order valence-corrected chi connectivity index (χ0v) is 12.0. The molecule has 3 aromatic rings. The van der Waals surface area contributed by atoms with E-state index in [0.29, 0.717) is 12.5 Å². The second kappa shape index (κ2) is 5.48. The Bertz CT molecular complexity index is 775. The zero-order valence-electron chi connectivity index (χ0n) is 12.0. The van der Waals surface area contributed by atoms with Gasteiger partial charge in [-0.05, 0) is 23.8 Å². The van der Waals surface area contributed by atoms with E-state index < -0.39 is 0 Å². The molecule has 4 heteroatoms. The van der Waals surface area contributed by atoms with E-state index in [0.717, 1.165) is 29.0 Å². The Morgan fingerprint density at radius 3 is 2.68 bits per heavy atom. The lowest BCUT2D eigenvalue weighted by Crippen LogP contribution is -2.29. The number of hydrogen-bond acceptors (Lipinski definition) is 4. The predicted molar refractivity (Wildman–Crippen MR) is 86.4 cm³/mol. The van der Waals surface area contributed by atoms with Crippen LogP contribution in [0.3, 0.4) is 0 Å². The molecule has 0 radical (unpaired) electrons. The molecule has 0 fully saturated rings. The van der Waals surface area contributed by atoms with Gasteiger partial charge in [0.25, 0.3) is 0 Å². The van der Waals surface area contributed by atoms with E-state index in [9.17, 15) is 0 Å². The Kier molecular flexibility index (Phi) is 3.20. The highest BCUT2D eigenvalue weighted by Crippen LogP contribution is 2.37. The van der Waals surface area contributed by atoms with Crippen LogP contribution < -0.4 is 9.64 Å². The van der Waals surface area contributed by atoms with Crippen molar-refractivity contribution < 1.29 is 4.74 Å². The van der Waals surface area contributed by atoms with Crippen molar-refractivity contribution in [3.05, 3.63) is 67.1 Å². The van der Waals surface area contributed by atoms with E-state index in [4.69, 9.17) is 4.74 Å². The molecule has 0 unspecified atom stereocenters. The fraction of sp³-hybridized carbons (Fsp3) is 0.111. The van der Waals surface area contributed by atoms with Crippen LogP contribution in [0.2, 0.25) is 0 Å². The van der Waals surface area contributed by atoms with Crippen LogP contribution >= 0.6 is 0 Å². The Labute approximate surface area is 129 Å². The predicted octanol–water partition coefficient (Wildman–Crippen LogP) is 3.67. The molecule has 1 aliphatic rings. The summed E-state index contributed by atoms with van der Waals surface area (Å²) in [5.74, 6) is 0.676. The van der Waals surface area contributed by atoms with E-state index in [1.54, 1.807) is 6.20 Å². The number of anilines is 2. The van der Waals surface area contributed by atoms with Crippen LogP contribution in [0.25, 0.3) is 11.1 Å². The molecule has 0 bridgehead atoms. The number of rotatable bonds is 2. The molecular formula is C18H15N3O. The van der Waals surface area contributed by atoms with Crippen molar-refractivity contribution in [1.29, 1.82) is 0 Å². The molecule has 0 saturated carbocycles. The van der Waals surface area contributed by atoms with Gasteiger partial charge in [0.1, 0.15) is 12.3 Å². The van der Waals surface area contributed by atoms with E-state index in [-0.39, 0.29) is 0 Å². The largest absolute Gasteiger partial charge is 0.474 e. The Morgan fingerprint density at radius 2 is 1.86 bits per heavy atom. The van der Waals surface area contributed by atoms with Crippen molar-refractivity contribution in [1.82, 2.24) is 9.97 Å². The van der Waals surface area contributed by atoms with Crippen LogP contribution in [0, 0.1) is 0 Å². The molecule has 1 aromatic carbocycles. The lowest BCUT2D eigenvalue weighted by molar-refractivity contribution is 0.301. The monoisotopic (exact) mass is 289 g/mol. The third kappa shape index (κ3) is 2.29. The minimum atomic E-state index is 0.625. The highest BCUT2D eigenvalue weighted by Gasteiger charge is 2.21. The second-order valence-electron chi connectivity index (χ2n) is 5.13. The number of hydrogen-bond donors (Lipinski definition) is 0. The maximum Gasteiger partial charge on any atom is 0.238 e. The van der Waals surface area contributed by atoms with Crippen molar-refractivity contribution >= 4 is 11.4 Å². The van der Waals surface area contributed by atoms with Crippen LogP contribution in [0.1, 0.15) is 0 Å². The number of ether oxygens (including phenoxy) is 1. The lowest BCUT2D eigenvalue weighted by Gasteiger charge is -2.30. The number of aromatic nitrogens is 2. The molecule has 0 atom stereocenters. The summed E-state index contributed by atoms with van der Waals surface area (Å²) in [5, 5.41) is 0. The van der Waals surface area contributed by atoms with Gasteiger partial charge in [0.2, 0.25) is 5.88 Å². The first-order valence-electron chi connectivity index (χ1n) is 7.28. The van der Waals surface area contributed by atoms with Crippen LogP contribution in [0.5, 0.6) is 5.88 Å². The van der Waals surface area contributed by atoms with Gasteiger partial charge < -0.3 is 9.64 Å². The Morgan fingerprint density at radius 1 is 0.955 bits per heavy atom. The fourth-order valence-electron chi connectivity index (χ4n) is 2.67. The molecule has 0 aliphatic carbocycles. The van der Waals surface area contributed by atoms with Gasteiger partial charge in [0, 0.05) is 18.0 Å². The van der Waals surface area contributed by atoms with Crippen molar-refractivity contribution in [3.8, 4) is 17.0 Å². The number of nitrogens with zero attached hydrogens (tertiary/aromatic N) is 3. The highest BCUT2D eigenvalue weighted by molar-refractivity contribution is 5.75. The average Bonchev–Trinajstić information content (AvgIpc) is 2.62. The topological polar surface area (TPSA) is 38.2 Å². The summed E-state index contributed by atoms with van der Waals surface area (Å²) in [7, 11) is 0. The van der Waals surface area contributed by atoms with Gasteiger partial charge in [-0.3, -0.25) is 4.98 Å². The molecule has 108 valence electrons. The van der Waals surface area contributed by atoms with Crippen LogP contribution in [0.15, 0.2) is 67.1 Å². The minimum absolute atomic E-state index is 0.625. The van der Waals surface area contributed by atoms with E-state index in [1.807, 2.05) is 36.7 Å². The van der Waals surface area contributed by atoms with Gasteiger partial charge in [-0.25, -0.2) is 4.98 Å². The molecular weight excluding hydrogens is 274 g/mol. The molecule has 4 nitrogen and oxygen atoms in total. The molecule has 4 rings (SSSR count). The third-order valence-electron chi connectivity index (χ3n) is 3.74. The van der Waals surface area contributed by atoms with Gasteiger partial charge in [-0.2, -0.15) is 0 Å².